The Morgan fingerprint density at radius 3 is 2.09 bits per heavy atom. The summed E-state index contributed by atoms with van der Waals surface area (Å²) in [6, 6.07) is 7.97. The van der Waals surface area contributed by atoms with E-state index in [1.807, 2.05) is 6.07 Å². The average molecular weight is 731 g/mol. The van der Waals surface area contributed by atoms with Crippen molar-refractivity contribution < 1.29 is 36.3 Å². The molecule has 1 radical (unpaired) electrons. The number of nitrogens with one attached hydrogen (secondary N) is 1. The SMILES string of the molecule is CC(=O)N1CCN(C(=O)c2ccc(NC3CN(C4CCN(C(=O)[As]C(Cc5cc(F)cc(F)c5)C(F)(F)F)CC4)C3)cc2Cl)CC1. The summed E-state index contributed by atoms with van der Waals surface area (Å²) >= 11 is 4.67. The number of carbonyl (C=O) groups is 3. The standard InChI is InChI=1S/C31H35AsClF5N5O3/c1-19(44)40-8-10-41(11-9-40)29(45)26-3-2-23(16-27(26)33)39-24-17-43(18-24)25-4-6-42(7-5-25)30(46)32-28(31(36,37)38)14-20-12-21(34)15-22(35)13-20/h2-3,12-13,15-16,24-25,28,39H,4-11,14,17-18H2,1H3. The molecule has 1 unspecified atom stereocenters. The number of amides is 3. The van der Waals surface area contributed by atoms with Crippen LogP contribution in [0.15, 0.2) is 36.4 Å². The number of rotatable bonds is 8. The Hall–Kier alpha value is -2.89. The molecule has 0 aliphatic carbocycles. The number of halogens is 6. The Morgan fingerprint density at radius 1 is 0.913 bits per heavy atom. The molecule has 3 aliphatic heterocycles. The Morgan fingerprint density at radius 2 is 1.52 bits per heavy atom. The van der Waals surface area contributed by atoms with E-state index in [9.17, 15) is 36.3 Å². The number of benzene rings is 2. The van der Waals surface area contributed by atoms with Gasteiger partial charge >= 0.3 is 195 Å². The van der Waals surface area contributed by atoms with Crippen LogP contribution in [0.2, 0.25) is 9.73 Å². The molecule has 8 nitrogen and oxygen atoms in total. The van der Waals surface area contributed by atoms with Gasteiger partial charge in [-0.3, -0.25) is 9.59 Å². The van der Waals surface area contributed by atoms with Crippen molar-refractivity contribution >= 4 is 49.5 Å². The molecule has 46 heavy (non-hydrogen) atoms. The Balaban J connectivity index is 1.06. The normalized spacial score (nSPS) is 19.4. The number of nitrogens with zero attached hydrogens (tertiary/aromatic N) is 4. The summed E-state index contributed by atoms with van der Waals surface area (Å²) < 4.78 is 65.8. The molecule has 15 heteroatoms. The molecular weight excluding hydrogens is 696 g/mol. The van der Waals surface area contributed by atoms with Gasteiger partial charge in [-0.15, -0.1) is 0 Å². The fourth-order valence-corrected chi connectivity index (χ4v) is 8.66. The molecule has 0 bridgehead atoms. The Kier molecular flexibility index (Phi) is 10.8. The molecule has 3 amide bonds. The van der Waals surface area contributed by atoms with Crippen LogP contribution in [0.5, 0.6) is 0 Å². The smallest absolute Gasteiger partial charge is 0.0834 e. The summed E-state index contributed by atoms with van der Waals surface area (Å²) in [6.45, 7) is 5.64. The van der Waals surface area contributed by atoms with Gasteiger partial charge in [0.25, 0.3) is 5.91 Å². The van der Waals surface area contributed by atoms with Gasteiger partial charge in [0.2, 0.25) is 5.91 Å². The zero-order valence-electron chi connectivity index (χ0n) is 25.2. The minimum Gasteiger partial charge on any atom is -0.0834 e. The molecule has 2 aromatic carbocycles. The van der Waals surface area contributed by atoms with Crippen molar-refractivity contribution in [3.05, 3.63) is 64.2 Å². The summed E-state index contributed by atoms with van der Waals surface area (Å²) in [5.41, 5.74) is 1.08. The summed E-state index contributed by atoms with van der Waals surface area (Å²) in [6.07, 6.45) is -3.99. The van der Waals surface area contributed by atoms with Gasteiger partial charge in [0.1, 0.15) is 0 Å². The topological polar surface area (TPSA) is 76.2 Å². The monoisotopic (exact) mass is 730 g/mol. The van der Waals surface area contributed by atoms with Crippen LogP contribution >= 0.6 is 11.6 Å². The van der Waals surface area contributed by atoms with Gasteiger partial charge in [-0.1, -0.05) is 11.6 Å². The van der Waals surface area contributed by atoms with E-state index in [1.165, 1.54) is 11.8 Å². The predicted molar refractivity (Wildman–Crippen MR) is 164 cm³/mol. The van der Waals surface area contributed by atoms with E-state index in [-0.39, 0.29) is 29.5 Å². The molecule has 3 fully saturated rings. The summed E-state index contributed by atoms with van der Waals surface area (Å²) in [7, 11) is 0. The first kappa shape index (κ1) is 34.4. The van der Waals surface area contributed by atoms with Crippen LogP contribution in [0.4, 0.5) is 32.4 Å². The van der Waals surface area contributed by atoms with Crippen LogP contribution in [-0.2, 0) is 11.2 Å². The summed E-state index contributed by atoms with van der Waals surface area (Å²) in [5, 5.41) is 3.78. The van der Waals surface area contributed by atoms with E-state index in [2.05, 4.69) is 10.2 Å². The van der Waals surface area contributed by atoms with Gasteiger partial charge in [0.05, 0.1) is 5.56 Å². The van der Waals surface area contributed by atoms with Crippen molar-refractivity contribution in [2.45, 2.75) is 49.2 Å². The zero-order valence-corrected chi connectivity index (χ0v) is 27.8. The third-order valence-electron chi connectivity index (χ3n) is 8.74. The molecule has 0 aromatic heterocycles. The maximum absolute atomic E-state index is 13.8. The van der Waals surface area contributed by atoms with Crippen molar-refractivity contribution in [1.82, 2.24) is 19.6 Å². The first-order valence-corrected chi connectivity index (χ1v) is 17.5. The number of likely N-dealkylation sites (tertiary alicyclic amines) is 2. The molecule has 2 aromatic rings. The van der Waals surface area contributed by atoms with Gasteiger partial charge in [0, 0.05) is 33.1 Å². The van der Waals surface area contributed by atoms with Gasteiger partial charge in [-0.2, -0.15) is 0 Å². The van der Waals surface area contributed by atoms with Crippen molar-refractivity contribution in [1.29, 1.82) is 0 Å². The van der Waals surface area contributed by atoms with E-state index in [1.54, 1.807) is 21.9 Å². The quantitative estimate of drug-likeness (QED) is 0.309. The number of piperazine rings is 1. The first-order chi connectivity index (χ1) is 21.8. The zero-order chi connectivity index (χ0) is 33.2. The van der Waals surface area contributed by atoms with Crippen LogP contribution in [0.3, 0.4) is 0 Å². The van der Waals surface area contributed by atoms with Gasteiger partial charge in [0.15, 0.2) is 0 Å². The second kappa shape index (κ2) is 14.5. The maximum atomic E-state index is 13.8. The molecule has 5 rings (SSSR count). The third-order valence-corrected chi connectivity index (χ3v) is 11.8. The van der Waals surface area contributed by atoms with E-state index < -0.39 is 49.4 Å². The predicted octanol–water partition coefficient (Wildman–Crippen LogP) is 4.90. The van der Waals surface area contributed by atoms with Crippen LogP contribution in [0.25, 0.3) is 0 Å². The number of hydrogen-bond donors (Lipinski definition) is 1. The van der Waals surface area contributed by atoms with Gasteiger partial charge in [-0.25, -0.2) is 0 Å². The van der Waals surface area contributed by atoms with Crippen molar-refractivity contribution in [3.63, 3.8) is 0 Å². The second-order valence-electron chi connectivity index (χ2n) is 12.0. The second-order valence-corrected chi connectivity index (χ2v) is 15.0. The van der Waals surface area contributed by atoms with Crippen LogP contribution in [0.1, 0.15) is 35.7 Å². The molecule has 1 N–H and O–H groups in total. The Bertz CT molecular complexity index is 1420. The van der Waals surface area contributed by atoms with Crippen molar-refractivity contribution in [2.24, 2.45) is 0 Å². The van der Waals surface area contributed by atoms with E-state index in [0.29, 0.717) is 68.8 Å². The number of alkyl halides is 3. The van der Waals surface area contributed by atoms with E-state index in [0.717, 1.165) is 30.9 Å². The summed E-state index contributed by atoms with van der Waals surface area (Å²) in [5.74, 6) is -2.08. The molecule has 249 valence electrons. The van der Waals surface area contributed by atoms with Crippen LogP contribution < -0.4 is 5.32 Å². The number of anilines is 1. The molecule has 3 saturated heterocycles. The van der Waals surface area contributed by atoms with E-state index >= 15 is 0 Å². The average Bonchev–Trinajstić information content (AvgIpc) is 2.97. The summed E-state index contributed by atoms with van der Waals surface area (Å²) in [4.78, 5) is 44.6. The minimum absolute atomic E-state index is 0.00897. The van der Waals surface area contributed by atoms with Crippen molar-refractivity contribution in [2.75, 3.05) is 57.7 Å². The van der Waals surface area contributed by atoms with Gasteiger partial charge in [-0.05, 0) is 0 Å². The number of hydrogen-bond acceptors (Lipinski definition) is 5. The first-order valence-electron chi connectivity index (χ1n) is 15.1. The minimum atomic E-state index is -4.65. The molecule has 3 aliphatic rings. The van der Waals surface area contributed by atoms with Gasteiger partial charge < -0.3 is 9.80 Å². The molecular formula is C31H35AsClF5N5O3. The molecule has 1 atom stereocenters. The molecule has 0 spiro atoms. The van der Waals surface area contributed by atoms with Crippen molar-refractivity contribution in [3.8, 4) is 0 Å². The Labute approximate surface area is 275 Å². The van der Waals surface area contributed by atoms with E-state index in [4.69, 9.17) is 11.6 Å². The number of carbonyl (C=O) groups excluding carboxylic acids is 3. The molecule has 3 heterocycles. The fraction of sp³-hybridized carbons (Fsp3) is 0.516. The third kappa shape index (κ3) is 8.52. The molecule has 0 saturated carbocycles. The fourth-order valence-electron chi connectivity index (χ4n) is 6.13. The van der Waals surface area contributed by atoms with Crippen LogP contribution in [0, 0.1) is 11.6 Å². The van der Waals surface area contributed by atoms with Crippen LogP contribution in [-0.4, -0.2) is 122 Å². The number of piperidine rings is 1.